The molecule has 0 aliphatic heterocycles. The number of benzene rings is 6. The fourth-order valence-corrected chi connectivity index (χ4v) is 10.6. The van der Waals surface area contributed by atoms with Crippen molar-refractivity contribution in [1.29, 1.82) is 0 Å². The maximum Gasteiger partial charge on any atom is 0.324 e. The van der Waals surface area contributed by atoms with Crippen LogP contribution in [-0.2, 0) is 43.3 Å². The summed E-state index contributed by atoms with van der Waals surface area (Å²) in [5.41, 5.74) is 21.1. The zero-order valence-electron chi connectivity index (χ0n) is 49.0. The molecule has 0 amide bonds. The molecule has 0 radical (unpaired) electrons. The Kier molecular flexibility index (Phi) is 15.1. The summed E-state index contributed by atoms with van der Waals surface area (Å²) in [6.45, 7) is 57.4. The van der Waals surface area contributed by atoms with Gasteiger partial charge in [-0.2, -0.15) is 0 Å². The van der Waals surface area contributed by atoms with Crippen molar-refractivity contribution in [2.75, 3.05) is 0 Å². The van der Waals surface area contributed by atoms with Crippen molar-refractivity contribution in [3.8, 4) is 44.5 Å². The largest absolute Gasteiger partial charge is 0.328 e. The molecular formula is C68H91O3P. The van der Waals surface area contributed by atoms with Gasteiger partial charge in [-0.05, 0) is 153 Å². The van der Waals surface area contributed by atoms with E-state index < -0.39 is 8.60 Å². The molecule has 0 heterocycles. The van der Waals surface area contributed by atoms with Crippen LogP contribution in [0.3, 0.4) is 0 Å². The van der Waals surface area contributed by atoms with Gasteiger partial charge in [-0.15, -0.1) is 0 Å². The summed E-state index contributed by atoms with van der Waals surface area (Å²) in [5, 5.41) is 5.45. The van der Waals surface area contributed by atoms with Gasteiger partial charge in [0.25, 0.3) is 0 Å². The molecule has 6 aromatic rings. The van der Waals surface area contributed by atoms with Crippen LogP contribution in [0.5, 0.6) is 0 Å². The summed E-state index contributed by atoms with van der Waals surface area (Å²) in [6.07, 6.45) is 0. The first-order chi connectivity index (χ1) is 32.6. The van der Waals surface area contributed by atoms with Crippen LogP contribution >= 0.6 is 8.60 Å². The standard InChI is InChI=1S/C68H88.H3O3P/c1-61(2,3)41-29-33-47(51(37-41)65(13,14)15)57-55-45-27-25-26-28-46(45)56(55)58(48-34-30-42(62(4,5)6)38-52(48)66(16,17)18)60(50-36-32-44(64(10,11)12)40-54(50)68(22,23)24)59(57)49-35-31-43(63(7,8)9)39-53(49)67(19,20)21;1-4(2)3/h25-40H,1-24H3;1-3H. The van der Waals surface area contributed by atoms with Gasteiger partial charge in [0.1, 0.15) is 0 Å². The molecule has 0 aromatic heterocycles. The molecule has 7 rings (SSSR count). The van der Waals surface area contributed by atoms with Gasteiger partial charge in [0.05, 0.1) is 0 Å². The Hall–Kier alpha value is -4.37. The van der Waals surface area contributed by atoms with E-state index in [1.54, 1.807) is 0 Å². The summed E-state index contributed by atoms with van der Waals surface area (Å²) in [5.74, 6) is 0. The first-order valence-corrected chi connectivity index (χ1v) is 27.6. The third-order valence-electron chi connectivity index (χ3n) is 14.8. The number of fused-ring (bicyclic) bond motifs is 2. The highest BCUT2D eigenvalue weighted by atomic mass is 31.2. The van der Waals surface area contributed by atoms with E-state index in [2.05, 4.69) is 263 Å². The lowest BCUT2D eigenvalue weighted by molar-refractivity contribution is 0.368. The van der Waals surface area contributed by atoms with Gasteiger partial charge in [0, 0.05) is 0 Å². The van der Waals surface area contributed by atoms with E-state index in [4.69, 9.17) is 14.7 Å². The molecule has 0 atom stereocenters. The SMILES string of the molecule is CC(C)(C)c1ccc(-c2c(-c3ccc(C(C)(C)C)cc3C(C)(C)C)c(-c3ccc(C(C)(C)C)cc3C(C)(C)C)c3c(c2-c2ccc(C(C)(C)C)cc2C(C)(C)C)=c2ccccc2=3)c(C(C)(C)C)c1.OP(O)O. The summed E-state index contributed by atoms with van der Waals surface area (Å²) in [7, 11) is -2.62. The van der Waals surface area contributed by atoms with Crippen LogP contribution in [0, 0.1) is 20.9 Å². The molecule has 6 aromatic carbocycles. The second-order valence-corrected chi connectivity index (χ2v) is 29.6. The lowest BCUT2D eigenvalue weighted by Gasteiger charge is -2.35. The smallest absolute Gasteiger partial charge is 0.324 e. The van der Waals surface area contributed by atoms with Crippen LogP contribution in [0.4, 0.5) is 0 Å². The topological polar surface area (TPSA) is 60.7 Å². The Labute approximate surface area is 437 Å². The van der Waals surface area contributed by atoms with Crippen molar-refractivity contribution in [3.63, 3.8) is 0 Å². The molecule has 3 nitrogen and oxygen atoms in total. The van der Waals surface area contributed by atoms with Crippen LogP contribution < -0.4 is 0 Å². The maximum absolute atomic E-state index is 7.23. The molecular weight excluding hydrogens is 896 g/mol. The molecule has 386 valence electrons. The molecule has 0 spiro atoms. The van der Waals surface area contributed by atoms with Gasteiger partial charge in [-0.3, -0.25) is 0 Å². The van der Waals surface area contributed by atoms with Gasteiger partial charge in [-0.25, -0.2) is 0 Å². The Balaban J connectivity index is 0.00000204. The van der Waals surface area contributed by atoms with Crippen molar-refractivity contribution in [2.45, 2.75) is 209 Å². The first-order valence-electron chi connectivity index (χ1n) is 26.4. The van der Waals surface area contributed by atoms with Crippen LogP contribution in [0.2, 0.25) is 0 Å². The molecule has 0 saturated carbocycles. The van der Waals surface area contributed by atoms with Gasteiger partial charge >= 0.3 is 8.60 Å². The van der Waals surface area contributed by atoms with Crippen LogP contribution in [0.1, 0.15) is 211 Å². The third kappa shape index (κ3) is 11.5. The number of hydrogen-bond acceptors (Lipinski definition) is 3. The molecule has 0 bridgehead atoms. The Morgan fingerprint density at radius 2 is 0.458 bits per heavy atom. The second-order valence-electron chi connectivity index (χ2n) is 29.1. The molecule has 0 unspecified atom stereocenters. The minimum Gasteiger partial charge on any atom is -0.328 e. The summed E-state index contributed by atoms with van der Waals surface area (Å²) >= 11 is 0. The lowest BCUT2D eigenvalue weighted by atomic mass is 9.68. The van der Waals surface area contributed by atoms with E-state index in [1.165, 1.54) is 110 Å². The van der Waals surface area contributed by atoms with Crippen LogP contribution in [0.15, 0.2) is 97.1 Å². The average Bonchev–Trinajstić information content (AvgIpc) is 3.21. The van der Waals surface area contributed by atoms with Crippen LogP contribution in [-0.4, -0.2) is 14.7 Å². The van der Waals surface area contributed by atoms with E-state index in [1.807, 2.05) is 0 Å². The van der Waals surface area contributed by atoms with Crippen molar-refractivity contribution < 1.29 is 14.7 Å². The average molecular weight is 987 g/mol. The highest BCUT2D eigenvalue weighted by Gasteiger charge is 2.36. The van der Waals surface area contributed by atoms with Crippen molar-refractivity contribution in [3.05, 3.63) is 162 Å². The zero-order valence-corrected chi connectivity index (χ0v) is 49.9. The minimum atomic E-state index is -2.62. The normalized spacial score (nSPS) is 13.6. The summed E-state index contributed by atoms with van der Waals surface area (Å²) in [6, 6.07) is 39.4. The summed E-state index contributed by atoms with van der Waals surface area (Å²) in [4.78, 5) is 21.7. The molecule has 0 saturated heterocycles. The van der Waals surface area contributed by atoms with Crippen LogP contribution in [0.25, 0.3) is 44.5 Å². The van der Waals surface area contributed by atoms with Gasteiger partial charge in [0.2, 0.25) is 0 Å². The quantitative estimate of drug-likeness (QED) is 0.154. The van der Waals surface area contributed by atoms with Gasteiger partial charge in [-0.1, -0.05) is 263 Å². The van der Waals surface area contributed by atoms with E-state index in [0.29, 0.717) is 0 Å². The second kappa shape index (κ2) is 19.1. The van der Waals surface area contributed by atoms with Gasteiger partial charge < -0.3 is 14.7 Å². The van der Waals surface area contributed by atoms with Crippen molar-refractivity contribution in [1.82, 2.24) is 0 Å². The Bertz CT molecular complexity index is 3000. The Morgan fingerprint density at radius 3 is 0.639 bits per heavy atom. The zero-order chi connectivity index (χ0) is 54.4. The molecule has 3 N–H and O–H groups in total. The highest BCUT2D eigenvalue weighted by molar-refractivity contribution is 7.38. The lowest BCUT2D eigenvalue weighted by Crippen LogP contribution is -2.21. The predicted octanol–water partition coefficient (Wildman–Crippen LogP) is 18.8. The fourth-order valence-electron chi connectivity index (χ4n) is 10.6. The highest BCUT2D eigenvalue weighted by Crippen LogP contribution is 2.56. The molecule has 4 heteroatoms. The van der Waals surface area contributed by atoms with E-state index in [-0.39, 0.29) is 43.3 Å². The van der Waals surface area contributed by atoms with E-state index in [9.17, 15) is 0 Å². The van der Waals surface area contributed by atoms with Gasteiger partial charge in [0.15, 0.2) is 0 Å². The first kappa shape index (κ1) is 56.9. The van der Waals surface area contributed by atoms with E-state index in [0.717, 1.165) is 0 Å². The molecule has 0 fully saturated rings. The Morgan fingerprint density at radius 1 is 0.264 bits per heavy atom. The fraction of sp³-hybridized carbons (Fsp3) is 0.471. The molecule has 1 aliphatic carbocycles. The number of hydrogen-bond donors (Lipinski definition) is 3. The maximum atomic E-state index is 7.23. The van der Waals surface area contributed by atoms with E-state index >= 15 is 0 Å². The number of rotatable bonds is 4. The van der Waals surface area contributed by atoms with Crippen molar-refractivity contribution in [2.24, 2.45) is 0 Å². The summed E-state index contributed by atoms with van der Waals surface area (Å²) < 4.78 is 0. The third-order valence-corrected chi connectivity index (χ3v) is 14.8. The monoisotopic (exact) mass is 987 g/mol. The minimum absolute atomic E-state index is 0.00475. The van der Waals surface area contributed by atoms with Crippen molar-refractivity contribution >= 4 is 8.60 Å². The predicted molar refractivity (Wildman–Crippen MR) is 313 cm³/mol. The molecule has 72 heavy (non-hydrogen) atoms. The molecule has 1 aliphatic rings.